The van der Waals surface area contributed by atoms with Gasteiger partial charge in [-0.25, -0.2) is 23.5 Å². The molecule has 0 radical (unpaired) electrons. The van der Waals surface area contributed by atoms with Gasteiger partial charge in [0.15, 0.2) is 17.1 Å². The van der Waals surface area contributed by atoms with Crippen molar-refractivity contribution in [3.8, 4) is 11.3 Å². The number of anilines is 1. The highest BCUT2D eigenvalue weighted by molar-refractivity contribution is 5.97. The number of alkyl halides is 5. The molecule has 0 spiro atoms. The molecule has 2 fully saturated rings. The Bertz CT molecular complexity index is 1350. The van der Waals surface area contributed by atoms with Crippen molar-refractivity contribution < 1.29 is 56.1 Å². The molecule has 4 rings (SSSR count). The fraction of sp³-hybridized carbons (Fsp3) is 0.500. The molecular weight excluding hydrogens is 535 g/mol. The lowest BCUT2D eigenvalue weighted by Gasteiger charge is -2.27. The molecule has 15 heteroatoms. The summed E-state index contributed by atoms with van der Waals surface area (Å²) in [5.74, 6) is -3.64. The Morgan fingerprint density at radius 3 is 2.31 bits per heavy atom. The highest BCUT2D eigenvalue weighted by Crippen LogP contribution is 2.50. The molecule has 1 aromatic heterocycles. The lowest BCUT2D eigenvalue weighted by Crippen LogP contribution is -2.45. The quantitative estimate of drug-likeness (QED) is 0.287. The van der Waals surface area contributed by atoms with Crippen LogP contribution in [0.25, 0.3) is 11.3 Å². The third-order valence-corrected chi connectivity index (χ3v) is 6.84. The zero-order chi connectivity index (χ0) is 31.9. The van der Waals surface area contributed by atoms with Gasteiger partial charge < -0.3 is 31.5 Å². The van der Waals surface area contributed by atoms with Gasteiger partial charge >= 0.3 is 12.1 Å². The van der Waals surface area contributed by atoms with Gasteiger partial charge in [-0.05, 0) is 56.1 Å². The number of aliphatic hydroxyl groups is 3. The molecule has 10 nitrogen and oxygen atoms in total. The molecule has 1 heterocycles. The summed E-state index contributed by atoms with van der Waals surface area (Å²) in [5, 5.41) is 40.1. The maximum Gasteiger partial charge on any atom is 0.490 e. The summed E-state index contributed by atoms with van der Waals surface area (Å²) < 4.78 is 82.2. The van der Waals surface area contributed by atoms with Gasteiger partial charge in [0.05, 0.1) is 24.1 Å². The van der Waals surface area contributed by atoms with Crippen molar-refractivity contribution in [1.82, 2.24) is 15.3 Å². The number of amides is 1. The summed E-state index contributed by atoms with van der Waals surface area (Å²) in [4.78, 5) is 30.1. The minimum Gasteiger partial charge on any atom is -0.475 e. The van der Waals surface area contributed by atoms with E-state index in [4.69, 9.17) is 19.7 Å². The van der Waals surface area contributed by atoms with E-state index in [1.165, 1.54) is 0 Å². The Balaban J connectivity index is 0.000000616. The monoisotopic (exact) mass is 565 g/mol. The van der Waals surface area contributed by atoms with E-state index in [9.17, 15) is 42.1 Å². The lowest BCUT2D eigenvalue weighted by atomic mass is 9.91. The van der Waals surface area contributed by atoms with E-state index in [1.807, 2.05) is 0 Å². The number of aryl methyl sites for hydroxylation is 1. The van der Waals surface area contributed by atoms with Crippen molar-refractivity contribution in [2.75, 3.05) is 12.3 Å². The first-order valence-electron chi connectivity index (χ1n) is 12.9. The van der Waals surface area contributed by atoms with Crippen molar-refractivity contribution in [2.24, 2.45) is 0 Å². The second kappa shape index (κ2) is 10.6. The molecule has 2 aromatic rings. The summed E-state index contributed by atoms with van der Waals surface area (Å²) in [6.45, 7) is -4.01. The van der Waals surface area contributed by atoms with Crippen LogP contribution in [0.1, 0.15) is 57.8 Å². The van der Waals surface area contributed by atoms with Crippen LogP contribution < -0.4 is 11.1 Å². The van der Waals surface area contributed by atoms with Crippen LogP contribution in [0.5, 0.6) is 0 Å². The maximum atomic E-state index is 13.5. The van der Waals surface area contributed by atoms with Crippen molar-refractivity contribution in [3.05, 3.63) is 41.2 Å². The Morgan fingerprint density at radius 2 is 1.85 bits per heavy atom. The van der Waals surface area contributed by atoms with Crippen molar-refractivity contribution in [3.63, 3.8) is 0 Å². The predicted octanol–water partition coefficient (Wildman–Crippen LogP) is 2.29. The highest BCUT2D eigenvalue weighted by atomic mass is 19.4. The van der Waals surface area contributed by atoms with E-state index >= 15 is 0 Å². The normalized spacial score (nSPS) is 25.1. The van der Waals surface area contributed by atoms with Gasteiger partial charge in [-0.2, -0.15) is 13.2 Å². The summed E-state index contributed by atoms with van der Waals surface area (Å²) >= 11 is 0. The fourth-order valence-electron chi connectivity index (χ4n) is 4.65. The zero-order valence-corrected chi connectivity index (χ0v) is 20.1. The molecule has 2 bridgehead atoms. The SMILES string of the molecule is O=C(O)C(F)(F)F.[2H]C([2H])([2H])c1ccc(C(O)(CO)C(F)F)cc1-c1cnc(N)c(C(=O)NC23CCC(O)(CC2)C3)n1. The van der Waals surface area contributed by atoms with Crippen LogP contribution in [-0.2, 0) is 10.4 Å². The first kappa shape index (κ1) is 25.8. The fourth-order valence-corrected chi connectivity index (χ4v) is 4.65. The number of nitrogens with one attached hydrogen (secondary N) is 1. The summed E-state index contributed by atoms with van der Waals surface area (Å²) in [7, 11) is 0. The van der Waals surface area contributed by atoms with Gasteiger partial charge in [0, 0.05) is 15.2 Å². The minimum absolute atomic E-state index is 0.140. The van der Waals surface area contributed by atoms with E-state index in [0.29, 0.717) is 32.1 Å². The Labute approximate surface area is 222 Å². The van der Waals surface area contributed by atoms with Gasteiger partial charge in [-0.1, -0.05) is 12.1 Å². The van der Waals surface area contributed by atoms with Crippen LogP contribution in [0.4, 0.5) is 27.8 Å². The zero-order valence-electron chi connectivity index (χ0n) is 23.1. The number of carboxylic acids is 1. The molecule has 1 aromatic carbocycles. The number of benzene rings is 1. The molecular formula is C24H27F5N4O6. The average Bonchev–Trinajstić information content (AvgIpc) is 3.40. The van der Waals surface area contributed by atoms with Crippen LogP contribution in [-0.4, -0.2) is 72.6 Å². The van der Waals surface area contributed by atoms with Crippen LogP contribution in [0.15, 0.2) is 24.4 Å². The molecule has 39 heavy (non-hydrogen) atoms. The Kier molecular flexibility index (Phi) is 7.03. The third-order valence-electron chi connectivity index (χ3n) is 6.84. The molecule has 1 unspecified atom stereocenters. The summed E-state index contributed by atoms with van der Waals surface area (Å²) in [5.41, 5.74) is 0.214. The van der Waals surface area contributed by atoms with Crippen molar-refractivity contribution >= 4 is 17.7 Å². The van der Waals surface area contributed by atoms with Crippen LogP contribution in [0.3, 0.4) is 0 Å². The van der Waals surface area contributed by atoms with Crippen LogP contribution in [0, 0.1) is 6.85 Å². The molecule has 214 valence electrons. The molecule has 2 aliphatic carbocycles. The van der Waals surface area contributed by atoms with Gasteiger partial charge in [-0.15, -0.1) is 0 Å². The lowest BCUT2D eigenvalue weighted by molar-refractivity contribution is -0.192. The van der Waals surface area contributed by atoms with E-state index in [0.717, 1.165) is 24.4 Å². The van der Waals surface area contributed by atoms with Crippen LogP contribution in [0.2, 0.25) is 0 Å². The number of aromatic nitrogens is 2. The van der Waals surface area contributed by atoms with Gasteiger partial charge in [0.2, 0.25) is 0 Å². The molecule has 0 saturated heterocycles. The largest absolute Gasteiger partial charge is 0.490 e. The second-order valence-corrected chi connectivity index (χ2v) is 9.57. The number of carbonyl (C=O) groups excluding carboxylic acids is 1. The first-order valence-corrected chi connectivity index (χ1v) is 11.4. The van der Waals surface area contributed by atoms with Gasteiger partial charge in [-0.3, -0.25) is 4.79 Å². The average molecular weight is 566 g/mol. The van der Waals surface area contributed by atoms with E-state index in [1.54, 1.807) is 0 Å². The van der Waals surface area contributed by atoms with Crippen LogP contribution >= 0.6 is 0 Å². The maximum absolute atomic E-state index is 13.5. The molecule has 1 atom stereocenters. The third kappa shape index (κ3) is 6.25. The number of rotatable bonds is 6. The molecule has 0 aliphatic heterocycles. The number of nitrogens with two attached hydrogens (primary N) is 1. The number of hydrogen-bond donors (Lipinski definition) is 6. The summed E-state index contributed by atoms with van der Waals surface area (Å²) in [6.07, 6.45) is -4.67. The molecule has 7 N–H and O–H groups in total. The number of halogens is 5. The topological polar surface area (TPSA) is 179 Å². The van der Waals surface area contributed by atoms with Crippen molar-refractivity contribution in [2.45, 2.75) is 68.3 Å². The Morgan fingerprint density at radius 1 is 1.23 bits per heavy atom. The number of aliphatic hydroxyl groups excluding tert-OH is 1. The van der Waals surface area contributed by atoms with Gasteiger partial charge in [0.25, 0.3) is 12.3 Å². The number of hydrogen-bond acceptors (Lipinski definition) is 8. The molecule has 1 amide bonds. The number of carbonyl (C=O) groups is 2. The van der Waals surface area contributed by atoms with E-state index in [2.05, 4.69) is 15.3 Å². The number of fused-ring (bicyclic) bond motifs is 2. The summed E-state index contributed by atoms with van der Waals surface area (Å²) in [6, 6.07) is 3.01. The van der Waals surface area contributed by atoms with E-state index in [-0.39, 0.29) is 28.3 Å². The molecule has 2 saturated carbocycles. The highest BCUT2D eigenvalue weighted by Gasteiger charge is 2.54. The Hall–Kier alpha value is -3.43. The van der Waals surface area contributed by atoms with E-state index < -0.39 is 60.2 Å². The standard InChI is InChI=1S/C22H26F2N4O4.C2HF3O2/c1-12-2-3-13(22(32,11-29)19(23)24)8-14(12)15-9-26-17(25)16(27-15)18(30)28-20-4-6-21(31,10-20)7-5-20;3-2(4,5)1(6)7/h2-3,8-9,19,29,31-32H,4-7,10-11H2,1H3,(H2,25,26)(H,28,30);(H,6,7)/i1D3;. The molecule has 2 aliphatic rings. The number of nitrogen functional groups attached to an aromatic ring is 1. The van der Waals surface area contributed by atoms with Gasteiger partial charge in [0.1, 0.15) is 0 Å². The van der Waals surface area contributed by atoms with Crippen molar-refractivity contribution in [1.29, 1.82) is 0 Å². The number of carboxylic acid groups (broad SMARTS) is 1. The first-order chi connectivity index (χ1) is 19.2. The number of aliphatic carboxylic acids is 1. The smallest absolute Gasteiger partial charge is 0.475 e. The number of nitrogens with zero attached hydrogens (tertiary/aromatic N) is 2. The second-order valence-electron chi connectivity index (χ2n) is 9.57. The minimum atomic E-state index is -5.08. The predicted molar refractivity (Wildman–Crippen MR) is 126 cm³/mol.